The van der Waals surface area contributed by atoms with Gasteiger partial charge in [0.15, 0.2) is 0 Å². The van der Waals surface area contributed by atoms with Crippen LogP contribution in [0.15, 0.2) is 267 Å². The molecule has 0 aromatic heterocycles. The van der Waals surface area contributed by atoms with Gasteiger partial charge in [-0.1, -0.05) is 152 Å². The van der Waals surface area contributed by atoms with Crippen LogP contribution in [-0.4, -0.2) is 6.71 Å². The van der Waals surface area contributed by atoms with E-state index in [1.165, 1.54) is 16.4 Å². The lowest BCUT2D eigenvalue weighted by molar-refractivity contribution is 0.485. The molecule has 4 heterocycles. The Labute approximate surface area is 425 Å². The summed E-state index contributed by atoms with van der Waals surface area (Å²) in [4.78, 5) is 12.1. The SMILES string of the molecule is c1ccc(N2c3ccccc3B3c4ccccc4N(c4ccccc4)c4cc(Oc5ccccc5-c5cc6c7c(c5)N(c5ccccc5)c5ccccc5N7c5ccccc5N6c5ccccc5)cc2c43)cc1. The highest BCUT2D eigenvalue weighted by Gasteiger charge is 2.44. The number of nitrogens with zero attached hydrogens (tertiary/aromatic N) is 5. The minimum absolute atomic E-state index is 0.00100. The number of rotatable bonds is 7. The summed E-state index contributed by atoms with van der Waals surface area (Å²) in [6.07, 6.45) is 0. The van der Waals surface area contributed by atoms with E-state index in [0.717, 1.165) is 108 Å². The molecule has 0 saturated heterocycles. The van der Waals surface area contributed by atoms with Crippen molar-refractivity contribution in [2.45, 2.75) is 0 Å². The molecule has 0 atom stereocenters. The number of benzene rings is 11. The first-order chi connectivity index (χ1) is 36.3. The predicted molar refractivity (Wildman–Crippen MR) is 304 cm³/mol. The van der Waals surface area contributed by atoms with E-state index in [4.69, 9.17) is 4.74 Å². The van der Waals surface area contributed by atoms with E-state index in [2.05, 4.69) is 291 Å². The van der Waals surface area contributed by atoms with E-state index in [-0.39, 0.29) is 6.71 Å². The molecule has 7 heteroatoms. The molecule has 0 fully saturated rings. The third kappa shape index (κ3) is 6.32. The highest BCUT2D eigenvalue weighted by Crippen LogP contribution is 2.64. The molecule has 0 unspecified atom stereocenters. The standard InChI is InChI=1S/C66H44BN5O/c1-5-23-46(24-6-1)68-54-34-16-14-32-52(54)67-53-33-15-17-35-55(53)69(47-25-7-2-8-26-47)61-44-50(43-60(68)65(61)67)73-64-40-22-13-31-51(64)45-41-62-66-63(42-45)71(49-29-11-4-12-30-49)57-37-19-21-39-59(57)72(66)58-38-20-18-36-56(58)70(62)48-27-9-3-10-28-48/h1-44H. The van der Waals surface area contributed by atoms with Crippen molar-refractivity contribution in [1.82, 2.24) is 0 Å². The first kappa shape index (κ1) is 41.1. The number of para-hydroxylation sites is 11. The van der Waals surface area contributed by atoms with Crippen LogP contribution in [0.3, 0.4) is 0 Å². The van der Waals surface area contributed by atoms with E-state index in [0.29, 0.717) is 0 Å². The monoisotopic (exact) mass is 933 g/mol. The summed E-state index contributed by atoms with van der Waals surface area (Å²) >= 11 is 0. The maximum atomic E-state index is 7.47. The first-order valence-electron chi connectivity index (χ1n) is 25.0. The van der Waals surface area contributed by atoms with Gasteiger partial charge in [-0.25, -0.2) is 0 Å². The van der Waals surface area contributed by atoms with Crippen molar-refractivity contribution in [2.75, 3.05) is 24.5 Å². The van der Waals surface area contributed by atoms with Crippen LogP contribution in [0.5, 0.6) is 11.5 Å². The Balaban J connectivity index is 0.962. The quantitative estimate of drug-likeness (QED) is 0.148. The lowest BCUT2D eigenvalue weighted by atomic mass is 9.33. The van der Waals surface area contributed by atoms with Crippen molar-refractivity contribution in [3.63, 3.8) is 0 Å². The van der Waals surface area contributed by atoms with Gasteiger partial charge in [-0.2, -0.15) is 0 Å². The van der Waals surface area contributed by atoms with Crippen molar-refractivity contribution >= 4 is 108 Å². The van der Waals surface area contributed by atoms with Gasteiger partial charge < -0.3 is 29.2 Å². The molecule has 6 nitrogen and oxygen atoms in total. The van der Waals surface area contributed by atoms with Crippen LogP contribution in [0.25, 0.3) is 11.1 Å². The normalized spacial score (nSPS) is 13.3. The molecule has 4 aliphatic heterocycles. The van der Waals surface area contributed by atoms with Gasteiger partial charge in [0, 0.05) is 63.2 Å². The Morgan fingerprint density at radius 3 is 1.05 bits per heavy atom. The molecule has 15 rings (SSSR count). The highest BCUT2D eigenvalue weighted by atomic mass is 16.5. The zero-order chi connectivity index (χ0) is 48.0. The minimum atomic E-state index is 0.00100. The van der Waals surface area contributed by atoms with Crippen LogP contribution in [0.4, 0.5) is 85.3 Å². The maximum Gasteiger partial charge on any atom is 0.252 e. The average molecular weight is 934 g/mol. The third-order valence-corrected chi connectivity index (χ3v) is 14.8. The Morgan fingerprint density at radius 2 is 0.616 bits per heavy atom. The maximum absolute atomic E-state index is 7.47. The van der Waals surface area contributed by atoms with Crippen LogP contribution in [0, 0.1) is 0 Å². The molecule has 11 aromatic carbocycles. The van der Waals surface area contributed by atoms with Gasteiger partial charge in [0.05, 0.1) is 39.8 Å². The second-order valence-corrected chi connectivity index (χ2v) is 18.9. The number of anilines is 15. The molecule has 0 N–H and O–H groups in total. The molecular weight excluding hydrogens is 890 g/mol. The summed E-state index contributed by atoms with van der Waals surface area (Å²) in [7, 11) is 0. The molecule has 0 radical (unpaired) electrons. The lowest BCUT2D eigenvalue weighted by Crippen LogP contribution is -2.61. The second-order valence-electron chi connectivity index (χ2n) is 18.9. The van der Waals surface area contributed by atoms with Crippen molar-refractivity contribution in [2.24, 2.45) is 0 Å². The van der Waals surface area contributed by atoms with E-state index < -0.39 is 0 Å². The molecule has 73 heavy (non-hydrogen) atoms. The smallest absolute Gasteiger partial charge is 0.252 e. The number of fused-ring (bicyclic) bond motifs is 8. The topological polar surface area (TPSA) is 25.4 Å². The lowest BCUT2D eigenvalue weighted by Gasteiger charge is -2.47. The molecule has 0 amide bonds. The van der Waals surface area contributed by atoms with E-state index in [1.54, 1.807) is 0 Å². The zero-order valence-electron chi connectivity index (χ0n) is 39.6. The van der Waals surface area contributed by atoms with E-state index in [1.807, 2.05) is 0 Å². The number of hydrogen-bond donors (Lipinski definition) is 0. The summed E-state index contributed by atoms with van der Waals surface area (Å²) in [5, 5.41) is 0. The molecule has 4 aliphatic rings. The van der Waals surface area contributed by atoms with Gasteiger partial charge in [0.25, 0.3) is 6.71 Å². The molecule has 342 valence electrons. The summed E-state index contributed by atoms with van der Waals surface area (Å²) < 4.78 is 7.47. The fourth-order valence-corrected chi connectivity index (χ4v) is 11.9. The second kappa shape index (κ2) is 16.4. The summed E-state index contributed by atoms with van der Waals surface area (Å²) in [6.45, 7) is 0.00100. The average Bonchev–Trinajstić information content (AvgIpc) is 3.46. The summed E-state index contributed by atoms with van der Waals surface area (Å²) in [6, 6.07) is 96.1. The van der Waals surface area contributed by atoms with E-state index in [9.17, 15) is 0 Å². The molecule has 0 spiro atoms. The molecule has 11 aromatic rings. The Bertz CT molecular complexity index is 3720. The van der Waals surface area contributed by atoms with Crippen LogP contribution >= 0.6 is 0 Å². The highest BCUT2D eigenvalue weighted by molar-refractivity contribution is 7.00. The third-order valence-electron chi connectivity index (χ3n) is 14.8. The number of hydrogen-bond acceptors (Lipinski definition) is 6. The van der Waals surface area contributed by atoms with Crippen LogP contribution in [-0.2, 0) is 0 Å². The summed E-state index contributed by atoms with van der Waals surface area (Å²) in [5.41, 5.74) is 22.3. The van der Waals surface area contributed by atoms with Gasteiger partial charge in [-0.05, 0) is 125 Å². The zero-order valence-corrected chi connectivity index (χ0v) is 39.6. The Hall–Kier alpha value is -9.72. The van der Waals surface area contributed by atoms with Gasteiger partial charge >= 0.3 is 0 Å². The van der Waals surface area contributed by atoms with Crippen LogP contribution in [0.1, 0.15) is 0 Å². The Morgan fingerprint density at radius 1 is 0.274 bits per heavy atom. The largest absolute Gasteiger partial charge is 0.457 e. The van der Waals surface area contributed by atoms with Crippen molar-refractivity contribution in [1.29, 1.82) is 0 Å². The molecular formula is C66H44BN5O. The summed E-state index contributed by atoms with van der Waals surface area (Å²) in [5.74, 6) is 1.50. The fraction of sp³-hybridized carbons (Fsp3) is 0. The van der Waals surface area contributed by atoms with Gasteiger partial charge in [-0.15, -0.1) is 0 Å². The predicted octanol–water partition coefficient (Wildman–Crippen LogP) is 16.3. The molecule has 0 bridgehead atoms. The molecule has 0 aliphatic carbocycles. The van der Waals surface area contributed by atoms with Crippen molar-refractivity contribution in [3.05, 3.63) is 267 Å². The van der Waals surface area contributed by atoms with Crippen molar-refractivity contribution < 1.29 is 4.74 Å². The van der Waals surface area contributed by atoms with E-state index >= 15 is 0 Å². The first-order valence-corrected chi connectivity index (χ1v) is 25.0. The van der Waals surface area contributed by atoms with Crippen LogP contribution < -0.4 is 45.6 Å². The fourth-order valence-electron chi connectivity index (χ4n) is 11.9. The minimum Gasteiger partial charge on any atom is -0.457 e. The van der Waals surface area contributed by atoms with Gasteiger partial charge in [0.2, 0.25) is 0 Å². The van der Waals surface area contributed by atoms with Crippen molar-refractivity contribution in [3.8, 4) is 22.6 Å². The van der Waals surface area contributed by atoms with Gasteiger partial charge in [0.1, 0.15) is 11.5 Å². The number of ether oxygens (including phenoxy) is 1. The van der Waals surface area contributed by atoms with Crippen LogP contribution in [0.2, 0.25) is 0 Å². The Kier molecular flexibility index (Phi) is 9.26. The van der Waals surface area contributed by atoms with Gasteiger partial charge in [-0.3, -0.25) is 0 Å². The molecule has 0 saturated carbocycles.